The van der Waals surface area contributed by atoms with Gasteiger partial charge in [0.05, 0.1) is 6.61 Å². The molecule has 27 heavy (non-hydrogen) atoms. The molecule has 2 aromatic carbocycles. The van der Waals surface area contributed by atoms with Crippen molar-refractivity contribution in [2.24, 2.45) is 4.99 Å². The zero-order valence-corrected chi connectivity index (χ0v) is 18.3. The van der Waals surface area contributed by atoms with Gasteiger partial charge in [0, 0.05) is 26.7 Å². The van der Waals surface area contributed by atoms with Gasteiger partial charge in [0.1, 0.15) is 5.82 Å². The van der Waals surface area contributed by atoms with E-state index in [-0.39, 0.29) is 29.8 Å². The number of rotatable bonds is 9. The third kappa shape index (κ3) is 8.71. The Labute approximate surface area is 178 Å². The van der Waals surface area contributed by atoms with E-state index in [2.05, 4.69) is 34.7 Å². The Kier molecular flexibility index (Phi) is 11.7. The molecule has 0 unspecified atom stereocenters. The summed E-state index contributed by atoms with van der Waals surface area (Å²) in [5.41, 5.74) is 3.48. The van der Waals surface area contributed by atoms with Crippen molar-refractivity contribution in [2.45, 2.75) is 32.9 Å². The average Bonchev–Trinajstić information content (AvgIpc) is 2.67. The molecule has 0 spiro atoms. The van der Waals surface area contributed by atoms with E-state index in [1.807, 2.05) is 12.1 Å². The van der Waals surface area contributed by atoms with Crippen LogP contribution in [0, 0.1) is 5.82 Å². The van der Waals surface area contributed by atoms with E-state index in [9.17, 15) is 4.39 Å². The van der Waals surface area contributed by atoms with E-state index in [0.29, 0.717) is 13.2 Å². The second kappa shape index (κ2) is 13.5. The Balaban J connectivity index is 0.00000364. The zero-order valence-electron chi connectivity index (χ0n) is 16.0. The van der Waals surface area contributed by atoms with Crippen LogP contribution in [0.25, 0.3) is 0 Å². The highest BCUT2D eigenvalue weighted by molar-refractivity contribution is 14.0. The van der Waals surface area contributed by atoms with Crippen LogP contribution in [0.1, 0.15) is 30.0 Å². The van der Waals surface area contributed by atoms with Crippen LogP contribution < -0.4 is 10.6 Å². The summed E-state index contributed by atoms with van der Waals surface area (Å²) in [6.45, 7) is 4.92. The molecular weight excluding hydrogens is 456 g/mol. The lowest BCUT2D eigenvalue weighted by Gasteiger charge is -2.14. The molecule has 0 saturated carbocycles. The quantitative estimate of drug-likeness (QED) is 0.241. The van der Waals surface area contributed by atoms with Crippen LogP contribution in [0.3, 0.4) is 0 Å². The van der Waals surface area contributed by atoms with Crippen LogP contribution in [0.15, 0.2) is 53.5 Å². The zero-order chi connectivity index (χ0) is 18.6. The van der Waals surface area contributed by atoms with Gasteiger partial charge in [-0.25, -0.2) is 4.39 Å². The predicted molar refractivity (Wildman–Crippen MR) is 120 cm³/mol. The van der Waals surface area contributed by atoms with Crippen molar-refractivity contribution in [3.05, 3.63) is 71.0 Å². The van der Waals surface area contributed by atoms with Crippen molar-refractivity contribution in [1.29, 1.82) is 0 Å². The Morgan fingerprint density at radius 3 is 2.41 bits per heavy atom. The maximum absolute atomic E-state index is 12.9. The second-order valence-corrected chi connectivity index (χ2v) is 6.05. The second-order valence-electron chi connectivity index (χ2n) is 6.05. The van der Waals surface area contributed by atoms with Gasteiger partial charge in [-0.15, -0.1) is 24.0 Å². The summed E-state index contributed by atoms with van der Waals surface area (Å²) < 4.78 is 18.6. The predicted octanol–water partition coefficient (Wildman–Crippen LogP) is 4.28. The number of hydrogen-bond acceptors (Lipinski definition) is 2. The molecule has 0 saturated heterocycles. The van der Waals surface area contributed by atoms with Crippen molar-refractivity contribution in [3.8, 4) is 0 Å². The molecule has 2 aromatic rings. The van der Waals surface area contributed by atoms with Gasteiger partial charge in [-0.2, -0.15) is 0 Å². The van der Waals surface area contributed by atoms with Crippen LogP contribution in [0.5, 0.6) is 0 Å². The smallest absolute Gasteiger partial charge is 0.191 e. The maximum Gasteiger partial charge on any atom is 0.191 e. The van der Waals surface area contributed by atoms with Gasteiger partial charge in [-0.05, 0) is 41.7 Å². The highest BCUT2D eigenvalue weighted by Crippen LogP contribution is 2.10. The third-order valence-electron chi connectivity index (χ3n) is 4.01. The molecule has 2 N–H and O–H groups in total. The van der Waals surface area contributed by atoms with Crippen molar-refractivity contribution in [2.75, 3.05) is 20.2 Å². The van der Waals surface area contributed by atoms with E-state index >= 15 is 0 Å². The molecular formula is C21H29FIN3O. The van der Waals surface area contributed by atoms with Gasteiger partial charge in [-0.3, -0.25) is 4.99 Å². The molecule has 0 aliphatic heterocycles. The Hall–Kier alpha value is -1.67. The van der Waals surface area contributed by atoms with Gasteiger partial charge in [-0.1, -0.05) is 43.3 Å². The number of guanidine groups is 1. The monoisotopic (exact) mass is 485 g/mol. The first kappa shape index (κ1) is 23.4. The molecule has 6 heteroatoms. The van der Waals surface area contributed by atoms with Gasteiger partial charge in [0.25, 0.3) is 0 Å². The highest BCUT2D eigenvalue weighted by atomic mass is 127. The summed E-state index contributed by atoms with van der Waals surface area (Å²) >= 11 is 0. The Morgan fingerprint density at radius 1 is 1.04 bits per heavy atom. The minimum atomic E-state index is -0.208. The van der Waals surface area contributed by atoms with E-state index in [1.165, 1.54) is 23.3 Å². The number of hydrogen-bond donors (Lipinski definition) is 2. The van der Waals surface area contributed by atoms with Crippen LogP contribution in [0.2, 0.25) is 0 Å². The van der Waals surface area contributed by atoms with Gasteiger partial charge in [0.2, 0.25) is 0 Å². The lowest BCUT2D eigenvalue weighted by molar-refractivity contribution is 0.121. The summed E-state index contributed by atoms with van der Waals surface area (Å²) in [6.07, 6.45) is 1.83. The topological polar surface area (TPSA) is 45.6 Å². The molecule has 148 valence electrons. The van der Waals surface area contributed by atoms with Crippen LogP contribution in [-0.2, 0) is 24.3 Å². The molecule has 0 aliphatic carbocycles. The highest BCUT2D eigenvalue weighted by Gasteiger charge is 2.04. The number of nitrogens with one attached hydrogen (secondary N) is 2. The van der Waals surface area contributed by atoms with E-state index in [1.54, 1.807) is 19.2 Å². The number of ether oxygens (including phenoxy) is 1. The average molecular weight is 485 g/mol. The first-order chi connectivity index (χ1) is 12.7. The van der Waals surface area contributed by atoms with E-state index in [0.717, 1.165) is 37.5 Å². The lowest BCUT2D eigenvalue weighted by atomic mass is 10.1. The fraction of sp³-hybridized carbons (Fsp3) is 0.381. The van der Waals surface area contributed by atoms with Crippen LogP contribution in [0.4, 0.5) is 4.39 Å². The first-order valence-electron chi connectivity index (χ1n) is 9.06. The van der Waals surface area contributed by atoms with Crippen molar-refractivity contribution >= 4 is 29.9 Å². The molecule has 0 aromatic heterocycles. The molecule has 0 aliphatic rings. The van der Waals surface area contributed by atoms with E-state index < -0.39 is 0 Å². The number of nitrogens with zero attached hydrogens (tertiary/aromatic N) is 1. The summed E-state index contributed by atoms with van der Waals surface area (Å²) in [5.74, 6) is 0.539. The molecule has 0 atom stereocenters. The summed E-state index contributed by atoms with van der Waals surface area (Å²) in [7, 11) is 1.75. The van der Waals surface area contributed by atoms with Crippen LogP contribution >= 0.6 is 24.0 Å². The van der Waals surface area contributed by atoms with Gasteiger partial charge < -0.3 is 15.4 Å². The van der Waals surface area contributed by atoms with Crippen molar-refractivity contribution < 1.29 is 9.13 Å². The fourth-order valence-corrected chi connectivity index (χ4v) is 2.57. The minimum absolute atomic E-state index is 0. The van der Waals surface area contributed by atoms with Crippen LogP contribution in [-0.4, -0.2) is 26.2 Å². The molecule has 0 heterocycles. The lowest BCUT2D eigenvalue weighted by Crippen LogP contribution is -2.38. The third-order valence-corrected chi connectivity index (χ3v) is 4.01. The van der Waals surface area contributed by atoms with Gasteiger partial charge >= 0.3 is 0 Å². The first-order valence-corrected chi connectivity index (χ1v) is 9.06. The minimum Gasteiger partial charge on any atom is -0.377 e. The molecule has 0 amide bonds. The standard InChI is InChI=1S/C21H28FN3O.HI/c1-3-14-26-16-19-7-5-4-6-18(19)15-25-21(23-2)24-13-12-17-8-10-20(22)11-9-17;/h4-11H,3,12-16H2,1-2H3,(H2,23,24,25);1H. The number of aliphatic imine (C=N–C) groups is 1. The molecule has 0 bridgehead atoms. The van der Waals surface area contributed by atoms with Crippen molar-refractivity contribution in [1.82, 2.24) is 10.6 Å². The molecule has 2 rings (SSSR count). The SMILES string of the molecule is CCCOCc1ccccc1CNC(=NC)NCCc1ccc(F)cc1.I. The molecule has 0 radical (unpaired) electrons. The molecule has 4 nitrogen and oxygen atoms in total. The van der Waals surface area contributed by atoms with Crippen molar-refractivity contribution in [3.63, 3.8) is 0 Å². The van der Waals surface area contributed by atoms with E-state index in [4.69, 9.17) is 4.74 Å². The normalized spacial score (nSPS) is 11.0. The number of benzene rings is 2. The molecule has 0 fully saturated rings. The Morgan fingerprint density at radius 2 is 1.74 bits per heavy atom. The number of halogens is 2. The summed E-state index contributed by atoms with van der Waals surface area (Å²) in [5, 5.41) is 6.62. The summed E-state index contributed by atoms with van der Waals surface area (Å²) in [6, 6.07) is 14.8. The van der Waals surface area contributed by atoms with Gasteiger partial charge in [0.15, 0.2) is 5.96 Å². The largest absolute Gasteiger partial charge is 0.377 e. The maximum atomic E-state index is 12.9. The Bertz CT molecular complexity index is 692. The fourth-order valence-electron chi connectivity index (χ4n) is 2.57. The summed E-state index contributed by atoms with van der Waals surface area (Å²) in [4.78, 5) is 4.26.